The third-order valence-electron chi connectivity index (χ3n) is 14.9. The van der Waals surface area contributed by atoms with E-state index in [4.69, 9.17) is 0 Å². The summed E-state index contributed by atoms with van der Waals surface area (Å²) in [4.78, 5) is 2.51. The molecule has 0 saturated heterocycles. The largest absolute Gasteiger partial charge is 0.310 e. The molecular weight excluding hydrogens is 819 g/mol. The van der Waals surface area contributed by atoms with Gasteiger partial charge in [-0.15, -0.1) is 0 Å². The van der Waals surface area contributed by atoms with Gasteiger partial charge in [0.15, 0.2) is 0 Å². The Hall–Kier alpha value is -8.00. The number of hydrogen-bond donors (Lipinski definition) is 0. The number of hydrogen-bond acceptors (Lipinski definition) is 1. The summed E-state index contributed by atoms with van der Waals surface area (Å²) >= 11 is 0. The van der Waals surface area contributed by atoms with Crippen molar-refractivity contribution in [3.05, 3.63) is 304 Å². The number of benzene rings is 10. The first-order chi connectivity index (χ1) is 33.3. The van der Waals surface area contributed by atoms with Gasteiger partial charge in [-0.25, -0.2) is 0 Å². The van der Waals surface area contributed by atoms with Gasteiger partial charge in [-0.3, -0.25) is 0 Å². The molecular formula is C67H53N. The molecule has 10 aromatic rings. The summed E-state index contributed by atoms with van der Waals surface area (Å²) in [6.07, 6.45) is 0. The van der Waals surface area contributed by atoms with Gasteiger partial charge in [0.25, 0.3) is 0 Å². The molecule has 0 aliphatic heterocycles. The van der Waals surface area contributed by atoms with Crippen molar-refractivity contribution < 1.29 is 0 Å². The highest BCUT2D eigenvalue weighted by molar-refractivity contribution is 5.93. The monoisotopic (exact) mass is 871 g/mol. The molecule has 0 unspecified atom stereocenters. The normalized spacial score (nSPS) is 13.8. The highest BCUT2D eigenvalue weighted by Crippen LogP contribution is 2.59. The van der Waals surface area contributed by atoms with Crippen LogP contribution in [0.15, 0.2) is 249 Å². The van der Waals surface area contributed by atoms with Crippen LogP contribution in [0.2, 0.25) is 0 Å². The molecule has 326 valence electrons. The van der Waals surface area contributed by atoms with Gasteiger partial charge in [0.1, 0.15) is 0 Å². The fourth-order valence-electron chi connectivity index (χ4n) is 11.8. The molecule has 1 nitrogen and oxygen atoms in total. The van der Waals surface area contributed by atoms with E-state index >= 15 is 0 Å². The van der Waals surface area contributed by atoms with Crippen molar-refractivity contribution in [2.45, 2.75) is 43.9 Å². The Morgan fingerprint density at radius 2 is 0.735 bits per heavy atom. The zero-order chi connectivity index (χ0) is 46.0. The van der Waals surface area contributed by atoms with Crippen LogP contribution in [0.1, 0.15) is 76.4 Å². The van der Waals surface area contributed by atoms with Crippen molar-refractivity contribution in [3.63, 3.8) is 0 Å². The van der Waals surface area contributed by atoms with E-state index in [1.807, 2.05) is 0 Å². The highest BCUT2D eigenvalue weighted by Gasteiger charge is 2.48. The molecule has 0 saturated carbocycles. The molecule has 0 N–H and O–H groups in total. The predicted molar refractivity (Wildman–Crippen MR) is 285 cm³/mol. The van der Waals surface area contributed by atoms with Crippen molar-refractivity contribution in [1.82, 2.24) is 0 Å². The molecule has 0 amide bonds. The number of rotatable bonds is 8. The lowest BCUT2D eigenvalue weighted by Gasteiger charge is -2.35. The first-order valence-corrected chi connectivity index (χ1v) is 24.0. The minimum Gasteiger partial charge on any atom is -0.310 e. The van der Waals surface area contributed by atoms with Crippen LogP contribution in [0.4, 0.5) is 17.1 Å². The van der Waals surface area contributed by atoms with E-state index in [0.29, 0.717) is 0 Å². The summed E-state index contributed by atoms with van der Waals surface area (Å²) in [6, 6.07) is 93.1. The number of aryl methyl sites for hydroxylation is 1. The molecule has 0 fully saturated rings. The van der Waals surface area contributed by atoms with Gasteiger partial charge in [-0.1, -0.05) is 233 Å². The summed E-state index contributed by atoms with van der Waals surface area (Å²) in [5.41, 5.74) is 22.7. The Bertz CT molecular complexity index is 3390. The molecule has 2 aliphatic carbocycles. The molecule has 0 atom stereocenters. The molecule has 12 rings (SSSR count). The SMILES string of the molecule is Cc1cc(-c2ccc(C(C)(C)C)cc2)ccc1N(c1ccc2c(c1)-c1ccccc1C2(c1ccccc1)c1ccccc1)c1ccc2c(c1)C(c1ccccc1)(c1ccccc1)c1ccccc1-2. The number of anilines is 3. The first kappa shape index (κ1) is 41.4. The third-order valence-corrected chi connectivity index (χ3v) is 14.9. The maximum atomic E-state index is 2.51. The van der Waals surface area contributed by atoms with Gasteiger partial charge >= 0.3 is 0 Å². The van der Waals surface area contributed by atoms with Crippen molar-refractivity contribution in [3.8, 4) is 33.4 Å². The van der Waals surface area contributed by atoms with Crippen molar-refractivity contribution in [1.29, 1.82) is 0 Å². The molecule has 0 spiro atoms. The smallest absolute Gasteiger partial charge is 0.0714 e. The minimum absolute atomic E-state index is 0.0902. The molecule has 0 bridgehead atoms. The lowest BCUT2D eigenvalue weighted by molar-refractivity contribution is 0.590. The average Bonchev–Trinajstić information content (AvgIpc) is 3.86. The molecule has 2 aliphatic rings. The maximum absolute atomic E-state index is 2.51. The van der Waals surface area contributed by atoms with Gasteiger partial charge in [-0.2, -0.15) is 0 Å². The number of fused-ring (bicyclic) bond motifs is 6. The second kappa shape index (κ2) is 16.1. The van der Waals surface area contributed by atoms with Crippen molar-refractivity contribution >= 4 is 17.1 Å². The van der Waals surface area contributed by atoms with E-state index in [9.17, 15) is 0 Å². The van der Waals surface area contributed by atoms with Gasteiger partial charge < -0.3 is 4.90 Å². The van der Waals surface area contributed by atoms with Crippen LogP contribution in [-0.2, 0) is 16.2 Å². The maximum Gasteiger partial charge on any atom is 0.0714 e. The topological polar surface area (TPSA) is 3.24 Å². The van der Waals surface area contributed by atoms with Crippen LogP contribution in [0.25, 0.3) is 33.4 Å². The number of nitrogens with zero attached hydrogens (tertiary/aromatic N) is 1. The molecule has 0 radical (unpaired) electrons. The van der Waals surface area contributed by atoms with E-state index in [0.717, 1.165) is 17.1 Å². The van der Waals surface area contributed by atoms with Gasteiger partial charge in [-0.05, 0) is 138 Å². The zero-order valence-electron chi connectivity index (χ0n) is 39.1. The van der Waals surface area contributed by atoms with Crippen LogP contribution in [0.5, 0.6) is 0 Å². The molecule has 68 heavy (non-hydrogen) atoms. The Kier molecular flexibility index (Phi) is 9.82. The Balaban J connectivity index is 1.11. The Morgan fingerprint density at radius 1 is 0.324 bits per heavy atom. The summed E-state index contributed by atoms with van der Waals surface area (Å²) in [6.45, 7) is 9.10. The lowest BCUT2D eigenvalue weighted by atomic mass is 9.67. The quantitative estimate of drug-likeness (QED) is 0.147. The molecule has 1 heteroatoms. The fraction of sp³-hybridized carbons (Fsp3) is 0.104. The third kappa shape index (κ3) is 6.30. The Morgan fingerprint density at radius 3 is 1.25 bits per heavy atom. The van der Waals surface area contributed by atoms with E-state index < -0.39 is 10.8 Å². The summed E-state index contributed by atoms with van der Waals surface area (Å²) in [5.74, 6) is 0. The van der Waals surface area contributed by atoms with Crippen LogP contribution in [-0.4, -0.2) is 0 Å². The first-order valence-electron chi connectivity index (χ1n) is 24.0. The summed E-state index contributed by atoms with van der Waals surface area (Å²) < 4.78 is 0. The van der Waals surface area contributed by atoms with E-state index in [-0.39, 0.29) is 5.41 Å². The molecule has 10 aromatic carbocycles. The van der Waals surface area contributed by atoms with Gasteiger partial charge in [0.2, 0.25) is 0 Å². The summed E-state index contributed by atoms with van der Waals surface area (Å²) in [7, 11) is 0. The lowest BCUT2D eigenvalue weighted by Crippen LogP contribution is -2.29. The average molecular weight is 872 g/mol. The molecule has 0 aromatic heterocycles. The standard InChI is InChI=1S/C67H53N/c1-46-43-48(47-33-36-49(37-34-47)65(2,3)4)35-42-64(46)68(54-39-41-62-59(44-54)57-30-18-20-32-61(57)66(62,50-21-9-5-10-22-50)51-23-11-6-12-24-51)55-38-40-58-56-29-17-19-31-60(56)67(63(58)45-55,52-25-13-7-14-26-52)53-27-15-8-16-28-53/h5-45H,1-4H3. The van der Waals surface area contributed by atoms with Crippen LogP contribution >= 0.6 is 0 Å². The molecule has 0 heterocycles. The predicted octanol–water partition coefficient (Wildman–Crippen LogP) is 17.2. The van der Waals surface area contributed by atoms with Crippen LogP contribution in [0.3, 0.4) is 0 Å². The van der Waals surface area contributed by atoms with Crippen LogP contribution < -0.4 is 4.90 Å². The highest BCUT2D eigenvalue weighted by atomic mass is 15.1. The van der Waals surface area contributed by atoms with Gasteiger partial charge in [0, 0.05) is 17.1 Å². The second-order valence-corrected chi connectivity index (χ2v) is 19.7. The van der Waals surface area contributed by atoms with E-state index in [1.54, 1.807) is 0 Å². The van der Waals surface area contributed by atoms with Crippen molar-refractivity contribution in [2.75, 3.05) is 4.90 Å². The van der Waals surface area contributed by atoms with E-state index in [1.165, 1.54) is 89.0 Å². The summed E-state index contributed by atoms with van der Waals surface area (Å²) in [5, 5.41) is 0. The van der Waals surface area contributed by atoms with Gasteiger partial charge in [0.05, 0.1) is 10.8 Å². The fourth-order valence-corrected chi connectivity index (χ4v) is 11.8. The van der Waals surface area contributed by atoms with E-state index in [2.05, 4.69) is 281 Å². The van der Waals surface area contributed by atoms with Crippen molar-refractivity contribution in [2.24, 2.45) is 0 Å². The van der Waals surface area contributed by atoms with Crippen LogP contribution in [0, 0.1) is 6.92 Å². The second-order valence-electron chi connectivity index (χ2n) is 19.7. The zero-order valence-corrected chi connectivity index (χ0v) is 39.1. The minimum atomic E-state index is -0.532. The Labute approximate surface area is 401 Å².